The van der Waals surface area contributed by atoms with Crippen molar-refractivity contribution in [3.8, 4) is 0 Å². The van der Waals surface area contributed by atoms with Crippen LogP contribution in [0, 0.1) is 17.8 Å². The summed E-state index contributed by atoms with van der Waals surface area (Å²) in [5.41, 5.74) is 0.976. The molecule has 2 amide bonds. The van der Waals surface area contributed by atoms with Crippen LogP contribution in [0.5, 0.6) is 0 Å². The molecule has 9 nitrogen and oxygen atoms in total. The van der Waals surface area contributed by atoms with Crippen LogP contribution in [0.2, 0.25) is 0 Å². The van der Waals surface area contributed by atoms with Gasteiger partial charge in [0.05, 0.1) is 18.2 Å². The number of benzene rings is 2. The standard InChI is InChI=1S/C30H39BN4O5/c1-19(2)13-25(34-30(38)26-18-32-11-12-33-26)27(36)17-24(29(37)35-28(31(39)40)14-20(3)4)16-21-9-10-22-7-5-6-8-23(22)15-21/h5-12,15,18-20,24-25,28,39-40H,13-14,16-17H2,1-4H3,(H,34,38)(H,35,37)/t24-,25+,28+/m1/s1. The fourth-order valence-electron chi connectivity index (χ4n) is 4.75. The van der Waals surface area contributed by atoms with Gasteiger partial charge in [0.1, 0.15) is 5.69 Å². The van der Waals surface area contributed by atoms with E-state index < -0.39 is 36.8 Å². The molecule has 0 bridgehead atoms. The van der Waals surface area contributed by atoms with E-state index in [2.05, 4.69) is 20.6 Å². The molecule has 0 fully saturated rings. The van der Waals surface area contributed by atoms with Crippen LogP contribution in [-0.2, 0) is 16.0 Å². The number of rotatable bonds is 14. The Hall–Kier alpha value is -3.63. The minimum absolute atomic E-state index is 0.1000. The number of carbonyl (C=O) groups excluding carboxylic acids is 3. The van der Waals surface area contributed by atoms with Gasteiger partial charge in [-0.15, -0.1) is 0 Å². The van der Waals surface area contributed by atoms with Crippen LogP contribution in [0.15, 0.2) is 61.1 Å². The quantitative estimate of drug-likeness (QED) is 0.228. The van der Waals surface area contributed by atoms with Crippen molar-refractivity contribution in [2.45, 2.75) is 65.4 Å². The molecule has 0 spiro atoms. The first-order valence-corrected chi connectivity index (χ1v) is 13.8. The molecule has 1 aromatic heterocycles. The molecule has 0 aliphatic carbocycles. The summed E-state index contributed by atoms with van der Waals surface area (Å²) in [7, 11) is -1.73. The lowest BCUT2D eigenvalue weighted by Gasteiger charge is -2.25. The highest BCUT2D eigenvalue weighted by Gasteiger charge is 2.32. The molecule has 3 aromatic rings. The van der Waals surface area contributed by atoms with Crippen LogP contribution in [-0.4, -0.2) is 56.7 Å². The van der Waals surface area contributed by atoms with E-state index in [-0.39, 0.29) is 36.2 Å². The molecule has 212 valence electrons. The van der Waals surface area contributed by atoms with Gasteiger partial charge in [-0.2, -0.15) is 0 Å². The van der Waals surface area contributed by atoms with Crippen molar-refractivity contribution < 1.29 is 24.4 Å². The largest absolute Gasteiger partial charge is 0.475 e. The molecule has 0 saturated heterocycles. The number of amides is 2. The number of hydrogen-bond acceptors (Lipinski definition) is 7. The Morgan fingerprint density at radius 1 is 0.900 bits per heavy atom. The van der Waals surface area contributed by atoms with E-state index >= 15 is 0 Å². The molecule has 0 radical (unpaired) electrons. The lowest BCUT2D eigenvalue weighted by molar-refractivity contribution is -0.130. The minimum Gasteiger partial charge on any atom is -0.426 e. The topological polar surface area (TPSA) is 142 Å². The summed E-state index contributed by atoms with van der Waals surface area (Å²) in [5, 5.41) is 27.4. The zero-order valence-corrected chi connectivity index (χ0v) is 23.6. The Labute approximate surface area is 236 Å². The van der Waals surface area contributed by atoms with E-state index in [1.807, 2.05) is 70.2 Å². The highest BCUT2D eigenvalue weighted by atomic mass is 16.4. The van der Waals surface area contributed by atoms with E-state index in [4.69, 9.17) is 0 Å². The second-order valence-electron chi connectivity index (χ2n) is 11.2. The third-order valence-corrected chi connectivity index (χ3v) is 6.72. The Kier molecular flexibility index (Phi) is 11.3. The van der Waals surface area contributed by atoms with Crippen molar-refractivity contribution in [1.82, 2.24) is 20.6 Å². The van der Waals surface area contributed by atoms with Crippen LogP contribution >= 0.6 is 0 Å². The molecular weight excluding hydrogens is 507 g/mol. The zero-order chi connectivity index (χ0) is 29.2. The van der Waals surface area contributed by atoms with Crippen molar-refractivity contribution >= 4 is 35.5 Å². The van der Waals surface area contributed by atoms with Gasteiger partial charge in [-0.25, -0.2) is 4.98 Å². The number of aromatic nitrogens is 2. The Morgan fingerprint density at radius 3 is 2.23 bits per heavy atom. The third-order valence-electron chi connectivity index (χ3n) is 6.72. The summed E-state index contributed by atoms with van der Waals surface area (Å²) in [6.07, 6.45) is 5.08. The Bertz CT molecular complexity index is 1290. The monoisotopic (exact) mass is 546 g/mol. The normalized spacial score (nSPS) is 13.6. The van der Waals surface area contributed by atoms with E-state index in [1.165, 1.54) is 18.6 Å². The first kappa shape index (κ1) is 30.9. The maximum atomic E-state index is 13.6. The SMILES string of the molecule is CC(C)C[C@H](NC(=O)[C@@H](CC(=O)[C@H](CC(C)C)NC(=O)c1cnccn1)Cc1ccc2ccccc2c1)B(O)O. The summed E-state index contributed by atoms with van der Waals surface area (Å²) in [6.45, 7) is 7.75. The van der Waals surface area contributed by atoms with Gasteiger partial charge < -0.3 is 20.7 Å². The smallest absolute Gasteiger partial charge is 0.426 e. The summed E-state index contributed by atoms with van der Waals surface area (Å²) < 4.78 is 0. The highest BCUT2D eigenvalue weighted by molar-refractivity contribution is 6.43. The second-order valence-corrected chi connectivity index (χ2v) is 11.2. The van der Waals surface area contributed by atoms with Gasteiger partial charge in [-0.3, -0.25) is 19.4 Å². The van der Waals surface area contributed by atoms with Gasteiger partial charge >= 0.3 is 7.12 Å². The molecule has 10 heteroatoms. The van der Waals surface area contributed by atoms with Crippen molar-refractivity contribution in [3.05, 3.63) is 72.3 Å². The number of nitrogens with one attached hydrogen (secondary N) is 2. The van der Waals surface area contributed by atoms with E-state index in [0.29, 0.717) is 12.8 Å². The van der Waals surface area contributed by atoms with Gasteiger partial charge in [0.15, 0.2) is 5.78 Å². The minimum atomic E-state index is -1.73. The molecule has 3 rings (SSSR count). The van der Waals surface area contributed by atoms with Crippen molar-refractivity contribution in [2.24, 2.45) is 17.8 Å². The van der Waals surface area contributed by atoms with Crippen LogP contribution in [0.4, 0.5) is 0 Å². The van der Waals surface area contributed by atoms with Gasteiger partial charge in [-0.05, 0) is 47.4 Å². The Balaban J connectivity index is 1.86. The molecule has 0 saturated carbocycles. The first-order chi connectivity index (χ1) is 19.0. The van der Waals surface area contributed by atoms with Crippen LogP contribution in [0.1, 0.15) is 63.0 Å². The molecular formula is C30H39BN4O5. The maximum Gasteiger partial charge on any atom is 0.475 e. The number of ketones is 1. The fourth-order valence-corrected chi connectivity index (χ4v) is 4.75. The molecule has 40 heavy (non-hydrogen) atoms. The summed E-state index contributed by atoms with van der Waals surface area (Å²) in [5.74, 6) is -2.68. The molecule has 2 aromatic carbocycles. The summed E-state index contributed by atoms with van der Waals surface area (Å²) >= 11 is 0. The maximum absolute atomic E-state index is 13.6. The van der Waals surface area contributed by atoms with E-state index in [9.17, 15) is 24.4 Å². The molecule has 0 unspecified atom stereocenters. The summed E-state index contributed by atoms with van der Waals surface area (Å²) in [6, 6.07) is 13.0. The van der Waals surface area contributed by atoms with Gasteiger partial charge in [0.2, 0.25) is 5.91 Å². The molecule has 0 aliphatic heterocycles. The average molecular weight is 546 g/mol. The number of hydrogen-bond donors (Lipinski definition) is 4. The lowest BCUT2D eigenvalue weighted by Crippen LogP contribution is -2.50. The van der Waals surface area contributed by atoms with Gasteiger partial charge in [-0.1, -0.05) is 70.2 Å². The Morgan fingerprint density at radius 2 is 1.60 bits per heavy atom. The van der Waals surface area contributed by atoms with Crippen molar-refractivity contribution in [3.63, 3.8) is 0 Å². The molecule has 3 atom stereocenters. The van der Waals surface area contributed by atoms with E-state index in [1.54, 1.807) is 0 Å². The molecule has 1 heterocycles. The second kappa shape index (κ2) is 14.7. The molecule has 4 N–H and O–H groups in total. The number of Topliss-reactive ketones (excluding diaryl/α,β-unsaturated/α-hetero) is 1. The lowest BCUT2D eigenvalue weighted by atomic mass is 9.74. The van der Waals surface area contributed by atoms with Crippen molar-refractivity contribution in [1.29, 1.82) is 0 Å². The predicted octanol–water partition coefficient (Wildman–Crippen LogP) is 3.14. The van der Waals surface area contributed by atoms with Crippen LogP contribution < -0.4 is 10.6 Å². The van der Waals surface area contributed by atoms with Crippen molar-refractivity contribution in [2.75, 3.05) is 0 Å². The number of carbonyl (C=O) groups is 3. The zero-order valence-electron chi connectivity index (χ0n) is 23.6. The average Bonchev–Trinajstić information content (AvgIpc) is 2.91. The first-order valence-electron chi connectivity index (χ1n) is 13.8. The van der Waals surface area contributed by atoms with Crippen LogP contribution in [0.25, 0.3) is 10.8 Å². The number of fused-ring (bicyclic) bond motifs is 1. The van der Waals surface area contributed by atoms with E-state index in [0.717, 1.165) is 16.3 Å². The molecule has 0 aliphatic rings. The number of nitrogens with zero attached hydrogens (tertiary/aromatic N) is 2. The van der Waals surface area contributed by atoms with Crippen LogP contribution in [0.3, 0.4) is 0 Å². The van der Waals surface area contributed by atoms with Gasteiger partial charge in [0, 0.05) is 24.7 Å². The fraction of sp³-hybridized carbons (Fsp3) is 0.433. The van der Waals surface area contributed by atoms with Gasteiger partial charge in [0.25, 0.3) is 5.91 Å². The third kappa shape index (κ3) is 9.24. The predicted molar refractivity (Wildman–Crippen MR) is 155 cm³/mol. The summed E-state index contributed by atoms with van der Waals surface area (Å²) in [4.78, 5) is 47.9. The highest BCUT2D eigenvalue weighted by Crippen LogP contribution is 2.22.